The molecule has 3 N–H and O–H groups in total. The van der Waals surface area contributed by atoms with Crippen molar-refractivity contribution in [3.8, 4) is 0 Å². The SMILES string of the molecule is C=NC(NCCc1nc2c(c(C)c1CCC)C1C=NNC1C=C2)Nc1ccccc1. The molecular formula is C24H30N6. The van der Waals surface area contributed by atoms with Gasteiger partial charge < -0.3 is 10.7 Å². The number of rotatable bonds is 9. The predicted octanol–water partition coefficient (Wildman–Crippen LogP) is 3.64. The summed E-state index contributed by atoms with van der Waals surface area (Å²) >= 11 is 0. The standard InChI is InChI=1S/C24H30N6/c1-4-8-18-16(2)23-19-15-27-30-21(19)11-12-22(23)29-20(18)13-14-26-24(25-3)28-17-9-6-5-7-10-17/h5-7,9-12,15,19,21,24,26,28,30H,3-4,8,13-14H2,1-2H3. The second kappa shape index (κ2) is 9.22. The largest absolute Gasteiger partial charge is 0.352 e. The molecule has 0 amide bonds. The Hall–Kier alpha value is -2.99. The van der Waals surface area contributed by atoms with Crippen LogP contribution in [0, 0.1) is 6.92 Å². The van der Waals surface area contributed by atoms with Crippen LogP contribution in [0.15, 0.2) is 46.5 Å². The van der Waals surface area contributed by atoms with E-state index in [1.165, 1.54) is 22.4 Å². The molecule has 0 fully saturated rings. The zero-order valence-corrected chi connectivity index (χ0v) is 17.7. The van der Waals surface area contributed by atoms with Gasteiger partial charge >= 0.3 is 0 Å². The maximum Gasteiger partial charge on any atom is 0.172 e. The van der Waals surface area contributed by atoms with Crippen molar-refractivity contribution < 1.29 is 0 Å². The molecule has 3 unspecified atom stereocenters. The second-order valence-electron chi connectivity index (χ2n) is 7.83. The van der Waals surface area contributed by atoms with Crippen molar-refractivity contribution >= 4 is 24.7 Å². The Kier molecular flexibility index (Phi) is 6.23. The monoisotopic (exact) mass is 402 g/mol. The maximum atomic E-state index is 5.08. The summed E-state index contributed by atoms with van der Waals surface area (Å²) < 4.78 is 0. The molecular weight excluding hydrogens is 372 g/mol. The van der Waals surface area contributed by atoms with Gasteiger partial charge in [0.05, 0.1) is 11.7 Å². The first-order valence-corrected chi connectivity index (χ1v) is 10.7. The smallest absolute Gasteiger partial charge is 0.172 e. The lowest BCUT2D eigenvalue weighted by atomic mass is 9.82. The van der Waals surface area contributed by atoms with Gasteiger partial charge in [0.1, 0.15) is 0 Å². The first-order chi connectivity index (χ1) is 14.7. The molecule has 3 atom stereocenters. The molecule has 6 nitrogen and oxygen atoms in total. The van der Waals surface area contributed by atoms with E-state index in [9.17, 15) is 0 Å². The minimum atomic E-state index is -0.234. The van der Waals surface area contributed by atoms with E-state index in [4.69, 9.17) is 4.98 Å². The summed E-state index contributed by atoms with van der Waals surface area (Å²) in [5.41, 5.74) is 10.5. The summed E-state index contributed by atoms with van der Waals surface area (Å²) in [5.74, 6) is 0.282. The van der Waals surface area contributed by atoms with Crippen LogP contribution in [0.2, 0.25) is 0 Å². The van der Waals surface area contributed by atoms with Crippen LogP contribution in [-0.4, -0.2) is 36.8 Å². The van der Waals surface area contributed by atoms with Crippen LogP contribution >= 0.6 is 0 Å². The third kappa shape index (κ3) is 4.14. The number of aromatic nitrogens is 1. The molecule has 1 aromatic heterocycles. The fourth-order valence-corrected chi connectivity index (χ4v) is 4.36. The minimum Gasteiger partial charge on any atom is -0.352 e. The van der Waals surface area contributed by atoms with E-state index in [1.807, 2.05) is 36.5 Å². The molecule has 0 bridgehead atoms. The van der Waals surface area contributed by atoms with Crippen LogP contribution in [0.5, 0.6) is 0 Å². The van der Waals surface area contributed by atoms with Gasteiger partial charge in [0.2, 0.25) is 0 Å². The maximum absolute atomic E-state index is 5.08. The van der Waals surface area contributed by atoms with Gasteiger partial charge in [0.15, 0.2) is 6.29 Å². The quantitative estimate of drug-likeness (QED) is 0.442. The van der Waals surface area contributed by atoms with Crippen molar-refractivity contribution in [2.75, 3.05) is 11.9 Å². The third-order valence-corrected chi connectivity index (χ3v) is 5.84. The van der Waals surface area contributed by atoms with Gasteiger partial charge in [-0.25, -0.2) is 0 Å². The van der Waals surface area contributed by atoms with E-state index in [-0.39, 0.29) is 18.2 Å². The van der Waals surface area contributed by atoms with Crippen molar-refractivity contribution in [2.24, 2.45) is 10.1 Å². The summed E-state index contributed by atoms with van der Waals surface area (Å²) in [4.78, 5) is 9.25. The number of hydrogen-bond donors (Lipinski definition) is 3. The molecule has 156 valence electrons. The minimum absolute atomic E-state index is 0.234. The van der Waals surface area contributed by atoms with Gasteiger partial charge in [-0.05, 0) is 55.0 Å². The van der Waals surface area contributed by atoms with Crippen LogP contribution in [0.3, 0.4) is 0 Å². The number of para-hydroxylation sites is 1. The zero-order chi connectivity index (χ0) is 20.9. The molecule has 2 aliphatic rings. The van der Waals surface area contributed by atoms with E-state index in [2.05, 4.69) is 58.9 Å². The van der Waals surface area contributed by atoms with Gasteiger partial charge in [-0.1, -0.05) is 37.6 Å². The third-order valence-electron chi connectivity index (χ3n) is 5.84. The Morgan fingerprint density at radius 3 is 2.83 bits per heavy atom. The molecule has 4 rings (SSSR count). The average molecular weight is 403 g/mol. The topological polar surface area (TPSA) is 73.7 Å². The van der Waals surface area contributed by atoms with Gasteiger partial charge in [-0.2, -0.15) is 5.10 Å². The van der Waals surface area contributed by atoms with E-state index >= 15 is 0 Å². The van der Waals surface area contributed by atoms with Crippen molar-refractivity contribution in [3.05, 3.63) is 64.5 Å². The van der Waals surface area contributed by atoms with Crippen LogP contribution in [0.25, 0.3) is 6.08 Å². The van der Waals surface area contributed by atoms with Crippen molar-refractivity contribution in [3.63, 3.8) is 0 Å². The van der Waals surface area contributed by atoms with E-state index in [1.54, 1.807) is 0 Å². The Bertz CT molecular complexity index is 950. The summed E-state index contributed by atoms with van der Waals surface area (Å²) in [7, 11) is 0. The Labute approximate surface area is 178 Å². The number of hydrogen-bond acceptors (Lipinski definition) is 6. The molecule has 0 saturated heterocycles. The number of hydrazone groups is 1. The number of fused-ring (bicyclic) bond motifs is 3. The highest BCUT2D eigenvalue weighted by molar-refractivity contribution is 5.78. The first-order valence-electron chi connectivity index (χ1n) is 10.7. The van der Waals surface area contributed by atoms with E-state index < -0.39 is 0 Å². The lowest BCUT2D eigenvalue weighted by Crippen LogP contribution is -2.36. The van der Waals surface area contributed by atoms with Crippen molar-refractivity contribution in [2.45, 2.75) is 51.4 Å². The molecule has 1 aliphatic heterocycles. The molecule has 0 saturated carbocycles. The van der Waals surface area contributed by atoms with Crippen LogP contribution < -0.4 is 16.1 Å². The molecule has 6 heteroatoms. The van der Waals surface area contributed by atoms with Gasteiger partial charge in [-0.15, -0.1) is 0 Å². The van der Waals surface area contributed by atoms with E-state index in [0.29, 0.717) is 0 Å². The van der Waals surface area contributed by atoms with Crippen LogP contribution in [0.4, 0.5) is 5.69 Å². The second-order valence-corrected chi connectivity index (χ2v) is 7.83. The first kappa shape index (κ1) is 20.3. The fraction of sp³-hybridized carbons (Fsp3) is 0.375. The number of anilines is 1. The normalized spacial score (nSPS) is 19.7. The molecule has 1 aliphatic carbocycles. The lowest BCUT2D eigenvalue weighted by molar-refractivity contribution is 0.579. The molecule has 2 heterocycles. The number of aliphatic imine (C=N–C) groups is 1. The number of nitrogens with one attached hydrogen (secondary N) is 3. The summed E-state index contributed by atoms with van der Waals surface area (Å²) in [5, 5.41) is 11.1. The molecule has 2 aromatic rings. The van der Waals surface area contributed by atoms with Gasteiger partial charge in [0, 0.05) is 36.5 Å². The van der Waals surface area contributed by atoms with Gasteiger partial charge in [0.25, 0.3) is 0 Å². The summed E-state index contributed by atoms with van der Waals surface area (Å²) in [6, 6.07) is 10.3. The molecule has 30 heavy (non-hydrogen) atoms. The van der Waals surface area contributed by atoms with Crippen LogP contribution in [0.1, 0.15) is 47.3 Å². The number of benzene rings is 1. The Balaban J connectivity index is 1.50. The molecule has 0 spiro atoms. The Morgan fingerprint density at radius 2 is 2.07 bits per heavy atom. The summed E-state index contributed by atoms with van der Waals surface area (Å²) in [6.07, 6.45) is 9.09. The van der Waals surface area contributed by atoms with Crippen molar-refractivity contribution in [1.29, 1.82) is 0 Å². The zero-order valence-electron chi connectivity index (χ0n) is 17.7. The average Bonchev–Trinajstić information content (AvgIpc) is 3.25. The molecule has 0 radical (unpaired) electrons. The van der Waals surface area contributed by atoms with Crippen molar-refractivity contribution in [1.82, 2.24) is 15.7 Å². The predicted molar refractivity (Wildman–Crippen MR) is 125 cm³/mol. The highest BCUT2D eigenvalue weighted by Gasteiger charge is 2.31. The Morgan fingerprint density at radius 1 is 1.23 bits per heavy atom. The highest BCUT2D eigenvalue weighted by atomic mass is 15.3. The summed E-state index contributed by atoms with van der Waals surface area (Å²) in [6.45, 7) is 8.95. The molecule has 1 aromatic carbocycles. The number of pyridine rings is 1. The number of nitrogens with zero attached hydrogens (tertiary/aromatic N) is 3. The highest BCUT2D eigenvalue weighted by Crippen LogP contribution is 2.35. The lowest BCUT2D eigenvalue weighted by Gasteiger charge is -2.26. The van der Waals surface area contributed by atoms with Crippen LogP contribution in [-0.2, 0) is 12.8 Å². The fourth-order valence-electron chi connectivity index (χ4n) is 4.36. The van der Waals surface area contributed by atoms with E-state index in [0.717, 1.165) is 37.2 Å². The van der Waals surface area contributed by atoms with Gasteiger partial charge in [-0.3, -0.25) is 15.3 Å².